The molecule has 2 unspecified atom stereocenters. The summed E-state index contributed by atoms with van der Waals surface area (Å²) in [5, 5.41) is 12.8. The highest BCUT2D eigenvalue weighted by molar-refractivity contribution is 9.10. The van der Waals surface area contributed by atoms with Crippen molar-refractivity contribution in [1.29, 1.82) is 0 Å². The largest absolute Gasteiger partial charge is 0.393 e. The number of halogens is 1. The average molecular weight is 329 g/mol. The fourth-order valence-electron chi connectivity index (χ4n) is 2.03. The van der Waals surface area contributed by atoms with Crippen LogP contribution in [0.25, 0.3) is 0 Å². The second kappa shape index (κ2) is 7.88. The lowest BCUT2D eigenvalue weighted by molar-refractivity contribution is 0.187. The molecule has 0 heterocycles. The Balaban J connectivity index is 2.76. The number of hydrogen-bond acceptors (Lipinski definition) is 3. The fraction of sp³-hybridized carbons (Fsp3) is 0.600. The Morgan fingerprint density at radius 2 is 2.05 bits per heavy atom. The molecule has 19 heavy (non-hydrogen) atoms. The minimum absolute atomic E-state index is 0.255. The zero-order valence-corrected chi connectivity index (χ0v) is 13.9. The maximum absolute atomic E-state index is 9.35. The molecular formula is C15H25BrN2O. The standard InChI is InChI=1S/C15H25BrN2O/c1-5-17-12(3)13-6-7-15(14(16)10-13)18(4)9-8-11(2)19/h6-7,10-12,17,19H,5,8-9H2,1-4H3. The molecule has 2 N–H and O–H groups in total. The summed E-state index contributed by atoms with van der Waals surface area (Å²) < 4.78 is 1.10. The summed E-state index contributed by atoms with van der Waals surface area (Å²) in [5.74, 6) is 0. The van der Waals surface area contributed by atoms with Gasteiger partial charge in [-0.05, 0) is 60.4 Å². The number of nitrogens with one attached hydrogen (secondary N) is 1. The molecule has 1 rings (SSSR count). The Morgan fingerprint density at radius 3 is 2.58 bits per heavy atom. The molecule has 0 bridgehead atoms. The minimum Gasteiger partial charge on any atom is -0.393 e. The van der Waals surface area contributed by atoms with Crippen LogP contribution in [0.5, 0.6) is 0 Å². The molecule has 0 amide bonds. The molecular weight excluding hydrogens is 304 g/mol. The zero-order valence-electron chi connectivity index (χ0n) is 12.3. The average Bonchev–Trinajstić information content (AvgIpc) is 2.36. The van der Waals surface area contributed by atoms with Crippen LogP contribution in [0, 0.1) is 0 Å². The van der Waals surface area contributed by atoms with Crippen molar-refractivity contribution in [3.63, 3.8) is 0 Å². The van der Waals surface area contributed by atoms with Crippen LogP contribution in [0.3, 0.4) is 0 Å². The summed E-state index contributed by atoms with van der Waals surface area (Å²) in [4.78, 5) is 2.17. The van der Waals surface area contributed by atoms with Crippen molar-refractivity contribution in [3.05, 3.63) is 28.2 Å². The SMILES string of the molecule is CCNC(C)c1ccc(N(C)CCC(C)O)c(Br)c1. The molecule has 1 aromatic rings. The van der Waals surface area contributed by atoms with Crippen LogP contribution < -0.4 is 10.2 Å². The second-order valence-electron chi connectivity index (χ2n) is 5.05. The molecule has 2 atom stereocenters. The number of anilines is 1. The van der Waals surface area contributed by atoms with Gasteiger partial charge in [-0.15, -0.1) is 0 Å². The highest BCUT2D eigenvalue weighted by Crippen LogP contribution is 2.29. The number of benzene rings is 1. The van der Waals surface area contributed by atoms with Crippen LogP contribution in [0.15, 0.2) is 22.7 Å². The molecule has 0 radical (unpaired) electrons. The van der Waals surface area contributed by atoms with Gasteiger partial charge >= 0.3 is 0 Å². The van der Waals surface area contributed by atoms with E-state index in [4.69, 9.17) is 0 Å². The summed E-state index contributed by atoms with van der Waals surface area (Å²) in [7, 11) is 2.05. The third-order valence-electron chi connectivity index (χ3n) is 3.28. The van der Waals surface area contributed by atoms with Crippen molar-refractivity contribution in [2.45, 2.75) is 39.3 Å². The van der Waals surface area contributed by atoms with Gasteiger partial charge in [-0.2, -0.15) is 0 Å². The van der Waals surface area contributed by atoms with Crippen LogP contribution in [0.4, 0.5) is 5.69 Å². The lowest BCUT2D eigenvalue weighted by Crippen LogP contribution is -2.22. The normalized spacial score (nSPS) is 14.2. The molecule has 0 aliphatic heterocycles. The molecule has 0 spiro atoms. The Bertz CT molecular complexity index is 396. The fourth-order valence-corrected chi connectivity index (χ4v) is 2.73. The first-order chi connectivity index (χ1) is 8.95. The summed E-state index contributed by atoms with van der Waals surface area (Å²) in [6.07, 6.45) is 0.521. The van der Waals surface area contributed by atoms with Gasteiger partial charge in [0.2, 0.25) is 0 Å². The van der Waals surface area contributed by atoms with E-state index in [0.717, 1.165) is 29.7 Å². The Labute approximate surface area is 125 Å². The number of aliphatic hydroxyl groups excluding tert-OH is 1. The maximum Gasteiger partial charge on any atom is 0.0528 e. The van der Waals surface area contributed by atoms with E-state index >= 15 is 0 Å². The predicted octanol–water partition coefficient (Wildman–Crippen LogP) is 3.33. The quantitative estimate of drug-likeness (QED) is 0.805. The smallest absolute Gasteiger partial charge is 0.0528 e. The first-order valence-electron chi connectivity index (χ1n) is 6.87. The van der Waals surface area contributed by atoms with Crippen LogP contribution in [-0.2, 0) is 0 Å². The van der Waals surface area contributed by atoms with Crippen molar-refractivity contribution in [2.24, 2.45) is 0 Å². The number of nitrogens with zero attached hydrogens (tertiary/aromatic N) is 1. The highest BCUT2D eigenvalue weighted by atomic mass is 79.9. The van der Waals surface area contributed by atoms with Gasteiger partial charge in [0.1, 0.15) is 0 Å². The molecule has 0 fully saturated rings. The van der Waals surface area contributed by atoms with Gasteiger partial charge in [-0.1, -0.05) is 13.0 Å². The van der Waals surface area contributed by atoms with E-state index in [0.29, 0.717) is 6.04 Å². The van der Waals surface area contributed by atoms with Gasteiger partial charge in [0.15, 0.2) is 0 Å². The number of hydrogen-bond donors (Lipinski definition) is 2. The van der Waals surface area contributed by atoms with E-state index in [1.165, 1.54) is 5.56 Å². The van der Waals surface area contributed by atoms with Gasteiger partial charge in [-0.25, -0.2) is 0 Å². The Hall–Kier alpha value is -0.580. The highest BCUT2D eigenvalue weighted by Gasteiger charge is 2.10. The van der Waals surface area contributed by atoms with Crippen LogP contribution in [-0.4, -0.2) is 31.3 Å². The van der Waals surface area contributed by atoms with Crippen LogP contribution >= 0.6 is 15.9 Å². The molecule has 0 saturated carbocycles. The van der Waals surface area contributed by atoms with Crippen LogP contribution in [0.2, 0.25) is 0 Å². The van der Waals surface area contributed by atoms with E-state index in [1.807, 2.05) is 6.92 Å². The van der Waals surface area contributed by atoms with Crippen molar-refractivity contribution >= 4 is 21.6 Å². The van der Waals surface area contributed by atoms with Crippen molar-refractivity contribution < 1.29 is 5.11 Å². The lowest BCUT2D eigenvalue weighted by atomic mass is 10.1. The topological polar surface area (TPSA) is 35.5 Å². The summed E-state index contributed by atoms with van der Waals surface area (Å²) in [6, 6.07) is 6.82. The molecule has 3 nitrogen and oxygen atoms in total. The van der Waals surface area contributed by atoms with E-state index in [2.05, 4.69) is 65.2 Å². The van der Waals surface area contributed by atoms with Crippen molar-refractivity contribution in [3.8, 4) is 0 Å². The third-order valence-corrected chi connectivity index (χ3v) is 3.91. The molecule has 0 aliphatic rings. The van der Waals surface area contributed by atoms with Crippen molar-refractivity contribution in [1.82, 2.24) is 5.32 Å². The van der Waals surface area contributed by atoms with Gasteiger partial charge in [0.05, 0.1) is 11.8 Å². The summed E-state index contributed by atoms with van der Waals surface area (Å²) >= 11 is 3.64. The third kappa shape index (κ3) is 5.13. The van der Waals surface area contributed by atoms with Gasteiger partial charge in [0.25, 0.3) is 0 Å². The van der Waals surface area contributed by atoms with E-state index in [9.17, 15) is 5.11 Å². The van der Waals surface area contributed by atoms with Crippen molar-refractivity contribution in [2.75, 3.05) is 25.0 Å². The number of rotatable bonds is 7. The Morgan fingerprint density at radius 1 is 1.37 bits per heavy atom. The van der Waals surface area contributed by atoms with Gasteiger partial charge in [0, 0.05) is 24.1 Å². The zero-order chi connectivity index (χ0) is 14.4. The second-order valence-corrected chi connectivity index (χ2v) is 5.90. The molecule has 108 valence electrons. The number of aliphatic hydroxyl groups is 1. The van der Waals surface area contributed by atoms with Gasteiger partial charge < -0.3 is 15.3 Å². The summed E-state index contributed by atoms with van der Waals surface area (Å²) in [5.41, 5.74) is 2.44. The molecule has 4 heteroatoms. The van der Waals surface area contributed by atoms with E-state index in [-0.39, 0.29) is 6.10 Å². The maximum atomic E-state index is 9.35. The van der Waals surface area contributed by atoms with E-state index in [1.54, 1.807) is 0 Å². The monoisotopic (exact) mass is 328 g/mol. The minimum atomic E-state index is -0.255. The lowest BCUT2D eigenvalue weighted by Gasteiger charge is -2.23. The molecule has 1 aromatic carbocycles. The van der Waals surface area contributed by atoms with Crippen LogP contribution in [0.1, 0.15) is 38.8 Å². The van der Waals surface area contributed by atoms with E-state index < -0.39 is 0 Å². The molecule has 0 aromatic heterocycles. The first kappa shape index (κ1) is 16.5. The summed E-state index contributed by atoms with van der Waals surface area (Å²) in [6.45, 7) is 7.92. The Kier molecular flexibility index (Phi) is 6.83. The first-order valence-corrected chi connectivity index (χ1v) is 7.67. The molecule has 0 saturated heterocycles. The van der Waals surface area contributed by atoms with Gasteiger partial charge in [-0.3, -0.25) is 0 Å². The molecule has 0 aliphatic carbocycles. The predicted molar refractivity (Wildman–Crippen MR) is 85.8 cm³/mol.